The molecule has 0 spiro atoms. The van der Waals surface area contributed by atoms with Crippen LogP contribution in [0.15, 0.2) is 121 Å². The third-order valence-electron chi connectivity index (χ3n) is 11.7. The molecule has 0 aromatic heterocycles. The number of amides is 5. The monoisotopic (exact) mass is 967 g/mol. The Balaban J connectivity index is 0.812. The fraction of sp³-hybridized carbons (Fsp3) is 0.327. The largest absolute Gasteiger partial charge is 0.494 e. The molecular formula is C52H53ClF3N5O8. The minimum absolute atomic E-state index is 0.0369. The van der Waals surface area contributed by atoms with Gasteiger partial charge in [-0.05, 0) is 65.4 Å². The fourth-order valence-corrected chi connectivity index (χ4v) is 8.70. The average Bonchev–Trinajstić information content (AvgIpc) is 3.59. The highest BCUT2D eigenvalue weighted by Crippen LogP contribution is 2.37. The molecule has 2 aliphatic rings. The predicted molar refractivity (Wildman–Crippen MR) is 253 cm³/mol. The van der Waals surface area contributed by atoms with Crippen molar-refractivity contribution in [3.8, 4) is 5.75 Å². The van der Waals surface area contributed by atoms with Crippen molar-refractivity contribution < 1.29 is 51.4 Å². The van der Waals surface area contributed by atoms with Crippen LogP contribution in [0, 0.1) is 0 Å². The summed E-state index contributed by atoms with van der Waals surface area (Å²) in [6, 6.07) is 35.1. The summed E-state index contributed by atoms with van der Waals surface area (Å²) in [5.74, 6) is -1.95. The minimum Gasteiger partial charge on any atom is -0.494 e. The van der Waals surface area contributed by atoms with E-state index in [-0.39, 0.29) is 86.8 Å². The van der Waals surface area contributed by atoms with Crippen molar-refractivity contribution in [1.29, 1.82) is 0 Å². The number of benzene rings is 5. The first kappa shape index (κ1) is 50.3. The molecule has 5 aromatic carbocycles. The number of alkyl halides is 3. The van der Waals surface area contributed by atoms with Gasteiger partial charge in [-0.25, -0.2) is 0 Å². The molecule has 17 heteroatoms. The van der Waals surface area contributed by atoms with Gasteiger partial charge < -0.3 is 24.8 Å². The van der Waals surface area contributed by atoms with Gasteiger partial charge in [0.15, 0.2) is 0 Å². The first-order chi connectivity index (χ1) is 33.4. The lowest BCUT2D eigenvalue weighted by Gasteiger charge is -2.29. The molecule has 0 saturated carbocycles. The second kappa shape index (κ2) is 24.1. The molecule has 7 rings (SSSR count). The van der Waals surface area contributed by atoms with Crippen LogP contribution < -0.4 is 20.7 Å². The lowest BCUT2D eigenvalue weighted by atomic mass is 9.90. The summed E-state index contributed by atoms with van der Waals surface area (Å²) in [5, 5.41) is 7.86. The van der Waals surface area contributed by atoms with E-state index in [1.807, 2.05) is 60.7 Å². The molecule has 0 bridgehead atoms. The molecule has 0 radical (unpaired) electrons. The van der Waals surface area contributed by atoms with Crippen LogP contribution in [0.2, 0.25) is 5.02 Å². The Morgan fingerprint density at radius 3 is 2.17 bits per heavy atom. The molecule has 1 atom stereocenters. The van der Waals surface area contributed by atoms with Crippen molar-refractivity contribution in [1.82, 2.24) is 20.4 Å². The summed E-state index contributed by atoms with van der Waals surface area (Å²) < 4.78 is 58.8. The molecule has 1 unspecified atom stereocenters. The number of halogens is 4. The highest BCUT2D eigenvalue weighted by atomic mass is 35.5. The SMILES string of the molecule is O=C(Cc1cccc(OCCCN(Cc2cccc(C(F)(F)F)c2Cl)CC(c2ccccc2)c2ccccc2)c1)NCCOCCOCCNc1cccc2c1C(=O)N(C1CCC(=O)NC1=O)C2=O. The van der Waals surface area contributed by atoms with Gasteiger partial charge in [0.2, 0.25) is 17.7 Å². The maximum Gasteiger partial charge on any atom is 0.417 e. The Hall–Kier alpha value is -6.59. The van der Waals surface area contributed by atoms with Crippen LogP contribution in [0.5, 0.6) is 5.75 Å². The average molecular weight is 968 g/mol. The van der Waals surface area contributed by atoms with Gasteiger partial charge in [-0.2, -0.15) is 13.2 Å². The number of nitrogens with zero attached hydrogens (tertiary/aromatic N) is 2. The Labute approximate surface area is 403 Å². The van der Waals surface area contributed by atoms with Gasteiger partial charge in [0.05, 0.1) is 61.2 Å². The molecular weight excluding hydrogens is 915 g/mol. The van der Waals surface area contributed by atoms with E-state index in [1.54, 1.807) is 18.2 Å². The summed E-state index contributed by atoms with van der Waals surface area (Å²) in [7, 11) is 0. The highest BCUT2D eigenvalue weighted by molar-refractivity contribution is 6.32. The van der Waals surface area contributed by atoms with Crippen LogP contribution in [0.3, 0.4) is 0 Å². The van der Waals surface area contributed by atoms with Gasteiger partial charge in [-0.3, -0.25) is 39.1 Å². The molecule has 13 nitrogen and oxygen atoms in total. The topological polar surface area (TPSA) is 156 Å². The van der Waals surface area contributed by atoms with Crippen molar-refractivity contribution in [2.24, 2.45) is 0 Å². The molecule has 2 heterocycles. The molecule has 69 heavy (non-hydrogen) atoms. The number of nitrogens with one attached hydrogen (secondary N) is 3. The third-order valence-corrected chi connectivity index (χ3v) is 12.2. The van der Waals surface area contributed by atoms with E-state index in [1.165, 1.54) is 12.1 Å². The van der Waals surface area contributed by atoms with Crippen molar-refractivity contribution in [3.63, 3.8) is 0 Å². The van der Waals surface area contributed by atoms with Crippen LogP contribution in [-0.4, -0.2) is 105 Å². The first-order valence-corrected chi connectivity index (χ1v) is 23.1. The fourth-order valence-electron chi connectivity index (χ4n) is 8.40. The molecule has 5 aromatic rings. The number of anilines is 1. The van der Waals surface area contributed by atoms with E-state index in [9.17, 15) is 37.1 Å². The molecule has 1 saturated heterocycles. The Morgan fingerprint density at radius 1 is 0.797 bits per heavy atom. The van der Waals surface area contributed by atoms with Gasteiger partial charge in [0.25, 0.3) is 11.8 Å². The lowest BCUT2D eigenvalue weighted by Crippen LogP contribution is -2.54. The highest BCUT2D eigenvalue weighted by Gasteiger charge is 2.45. The van der Waals surface area contributed by atoms with E-state index in [0.29, 0.717) is 49.7 Å². The quantitative estimate of drug-likeness (QED) is 0.0415. The normalized spacial score (nSPS) is 14.9. The lowest BCUT2D eigenvalue weighted by molar-refractivity contribution is -0.138. The number of piperidine rings is 1. The van der Waals surface area contributed by atoms with Crippen LogP contribution >= 0.6 is 11.6 Å². The van der Waals surface area contributed by atoms with E-state index >= 15 is 0 Å². The zero-order chi connectivity index (χ0) is 48.8. The number of rotatable bonds is 24. The Kier molecular flexibility index (Phi) is 17.6. The van der Waals surface area contributed by atoms with Gasteiger partial charge in [0, 0.05) is 50.7 Å². The number of ether oxygens (including phenoxy) is 3. The van der Waals surface area contributed by atoms with Gasteiger partial charge >= 0.3 is 6.18 Å². The Bertz CT molecular complexity index is 2550. The molecule has 0 aliphatic carbocycles. The second-order valence-corrected chi connectivity index (χ2v) is 17.0. The number of carbonyl (C=O) groups excluding carboxylic acids is 5. The number of hydrogen-bond donors (Lipinski definition) is 3. The third kappa shape index (κ3) is 13.6. The smallest absolute Gasteiger partial charge is 0.417 e. The number of carbonyl (C=O) groups is 5. The Morgan fingerprint density at radius 2 is 1.48 bits per heavy atom. The number of hydrogen-bond acceptors (Lipinski definition) is 10. The van der Waals surface area contributed by atoms with Crippen molar-refractivity contribution in [2.45, 2.75) is 50.4 Å². The maximum absolute atomic E-state index is 13.8. The van der Waals surface area contributed by atoms with Crippen molar-refractivity contribution in [3.05, 3.63) is 165 Å². The summed E-state index contributed by atoms with van der Waals surface area (Å²) in [4.78, 5) is 66.1. The summed E-state index contributed by atoms with van der Waals surface area (Å²) in [6.45, 7) is 3.26. The molecule has 362 valence electrons. The van der Waals surface area contributed by atoms with E-state index in [4.69, 9.17) is 25.8 Å². The van der Waals surface area contributed by atoms with Crippen LogP contribution in [0.25, 0.3) is 0 Å². The van der Waals surface area contributed by atoms with Gasteiger partial charge in [0.1, 0.15) is 11.8 Å². The van der Waals surface area contributed by atoms with E-state index in [0.717, 1.165) is 27.7 Å². The molecule has 1 fully saturated rings. The van der Waals surface area contributed by atoms with E-state index < -0.39 is 41.4 Å². The number of imide groups is 2. The summed E-state index contributed by atoms with van der Waals surface area (Å²) >= 11 is 6.38. The second-order valence-electron chi connectivity index (χ2n) is 16.6. The van der Waals surface area contributed by atoms with E-state index in [2.05, 4.69) is 45.1 Å². The maximum atomic E-state index is 13.8. The van der Waals surface area contributed by atoms with Crippen LogP contribution in [0.1, 0.15) is 73.7 Å². The van der Waals surface area contributed by atoms with Crippen LogP contribution in [0.4, 0.5) is 18.9 Å². The van der Waals surface area contributed by atoms with Gasteiger partial charge in [-0.15, -0.1) is 0 Å². The number of fused-ring (bicyclic) bond motifs is 1. The van der Waals surface area contributed by atoms with Crippen molar-refractivity contribution in [2.75, 3.05) is 64.5 Å². The zero-order valence-corrected chi connectivity index (χ0v) is 38.5. The molecule has 3 N–H and O–H groups in total. The van der Waals surface area contributed by atoms with Gasteiger partial charge in [-0.1, -0.05) is 103 Å². The minimum atomic E-state index is -4.58. The van der Waals surface area contributed by atoms with Crippen LogP contribution in [-0.2, 0) is 43.0 Å². The molecule has 2 aliphatic heterocycles. The zero-order valence-electron chi connectivity index (χ0n) is 37.8. The standard InChI is InChI=1S/C52H53ClF3N5O8/c53-48-38(16-8-19-42(48)52(54,55)56)33-60(34-41(36-12-3-1-4-13-36)37-14-5-2-6-15-37)25-10-26-69-39-17-7-11-35(31-39)32-46(63)58-24-28-68-30-29-67-27-23-57-43-20-9-18-40-47(43)51(66)61(50(40)65)44-21-22-45(62)59-49(44)64/h1-9,11-20,31,41,44,57H,10,21-30,32-34H2,(H,58,63)(H,59,62,64). The first-order valence-electron chi connectivity index (χ1n) is 22.8. The van der Waals surface area contributed by atoms with Crippen molar-refractivity contribution >= 4 is 46.8 Å². The summed E-state index contributed by atoms with van der Waals surface area (Å²) in [6.07, 6.45) is -3.78. The predicted octanol–water partition coefficient (Wildman–Crippen LogP) is 7.67. The molecule has 5 amide bonds. The summed E-state index contributed by atoms with van der Waals surface area (Å²) in [5.41, 5.74) is 3.24.